The maximum Gasteiger partial charge on any atom is 0.155 e. The normalized spacial score (nSPS) is 45.2. The van der Waals surface area contributed by atoms with Gasteiger partial charge in [0.05, 0.1) is 0 Å². The zero-order valence-electron chi connectivity index (χ0n) is 13.9. The first kappa shape index (κ1) is 16.9. The van der Waals surface area contributed by atoms with Crippen LogP contribution in [0, 0.1) is 35.0 Å². The second-order valence-corrected chi connectivity index (χ2v) is 8.59. The fraction of sp³-hybridized carbons (Fsp3) is 0.810. The number of Topliss-reactive ketones (excluding diaryl/α,β-unsaturated/α-hetero) is 1. The minimum atomic E-state index is 0. The predicted molar refractivity (Wildman–Crippen MR) is 93.0 cm³/mol. The Morgan fingerprint density at radius 1 is 1.09 bits per heavy atom. The molecule has 2 heteroatoms. The molecule has 23 heavy (non-hydrogen) atoms. The first-order valence-corrected chi connectivity index (χ1v) is 9.24. The molecule has 0 aromatic heterocycles. The van der Waals surface area contributed by atoms with Crippen LogP contribution in [0.1, 0.15) is 72.6 Å². The molecule has 0 saturated heterocycles. The Hall–Kier alpha value is -0.920. The van der Waals surface area contributed by atoms with Crippen LogP contribution in [0.2, 0.25) is 0 Å². The Labute approximate surface area is 141 Å². The molecule has 2 nitrogen and oxygen atoms in total. The molecule has 6 unspecified atom stereocenters. The summed E-state index contributed by atoms with van der Waals surface area (Å²) in [6.45, 7) is 4.21. The third-order valence-corrected chi connectivity index (χ3v) is 7.79. The van der Waals surface area contributed by atoms with Crippen molar-refractivity contribution >= 4 is 11.6 Å². The van der Waals surface area contributed by atoms with Crippen molar-refractivity contribution in [1.29, 1.82) is 0 Å². The molecule has 128 valence electrons. The SMILES string of the molecule is C.CC(=O)C1CCC2C3CCC4=CC(=O)CCC4C3CCC12C. The molecule has 3 fully saturated rings. The molecule has 0 spiro atoms. The van der Waals surface area contributed by atoms with Gasteiger partial charge in [0.1, 0.15) is 5.78 Å². The molecule has 0 aliphatic heterocycles. The van der Waals surface area contributed by atoms with Crippen molar-refractivity contribution in [2.45, 2.75) is 72.6 Å². The van der Waals surface area contributed by atoms with Gasteiger partial charge in [-0.05, 0) is 87.0 Å². The van der Waals surface area contributed by atoms with Crippen molar-refractivity contribution in [2.24, 2.45) is 35.0 Å². The van der Waals surface area contributed by atoms with E-state index in [0.29, 0.717) is 23.4 Å². The lowest BCUT2D eigenvalue weighted by Crippen LogP contribution is -2.47. The van der Waals surface area contributed by atoms with Gasteiger partial charge in [0, 0.05) is 12.3 Å². The molecule has 0 bridgehead atoms. The maximum absolute atomic E-state index is 12.1. The molecule has 0 amide bonds. The van der Waals surface area contributed by atoms with Crippen molar-refractivity contribution in [1.82, 2.24) is 0 Å². The predicted octanol–water partition coefficient (Wildman–Crippen LogP) is 4.97. The topological polar surface area (TPSA) is 34.1 Å². The summed E-state index contributed by atoms with van der Waals surface area (Å²) in [7, 11) is 0. The molecule has 4 rings (SSSR count). The highest BCUT2D eigenvalue weighted by atomic mass is 16.1. The number of hydrogen-bond acceptors (Lipinski definition) is 2. The zero-order chi connectivity index (χ0) is 15.5. The fourth-order valence-electron chi connectivity index (χ4n) is 6.85. The molecular weight excluding hydrogens is 284 g/mol. The highest BCUT2D eigenvalue weighted by Crippen LogP contribution is 2.63. The monoisotopic (exact) mass is 316 g/mol. The summed E-state index contributed by atoms with van der Waals surface area (Å²) in [5.74, 6) is 4.10. The van der Waals surface area contributed by atoms with Crippen molar-refractivity contribution in [2.75, 3.05) is 0 Å². The summed E-state index contributed by atoms with van der Waals surface area (Å²) in [5, 5.41) is 0. The molecule has 0 heterocycles. The van der Waals surface area contributed by atoms with Gasteiger partial charge in [-0.1, -0.05) is 19.9 Å². The van der Waals surface area contributed by atoms with Gasteiger partial charge in [-0.25, -0.2) is 0 Å². The van der Waals surface area contributed by atoms with Crippen LogP contribution in [0.5, 0.6) is 0 Å². The molecule has 0 aromatic carbocycles. The first-order valence-electron chi connectivity index (χ1n) is 9.24. The van der Waals surface area contributed by atoms with Crippen molar-refractivity contribution in [3.63, 3.8) is 0 Å². The van der Waals surface area contributed by atoms with Gasteiger partial charge in [-0.3, -0.25) is 9.59 Å². The highest BCUT2D eigenvalue weighted by Gasteiger charge is 2.57. The van der Waals surface area contributed by atoms with Gasteiger partial charge in [0.25, 0.3) is 0 Å². The van der Waals surface area contributed by atoms with Crippen LogP contribution in [0.4, 0.5) is 0 Å². The lowest BCUT2D eigenvalue weighted by atomic mass is 9.51. The van der Waals surface area contributed by atoms with E-state index in [1.54, 1.807) is 6.92 Å². The van der Waals surface area contributed by atoms with Gasteiger partial charge in [-0.15, -0.1) is 0 Å². The van der Waals surface area contributed by atoms with Gasteiger partial charge in [-0.2, -0.15) is 0 Å². The smallest absolute Gasteiger partial charge is 0.155 e. The lowest BCUT2D eigenvalue weighted by molar-refractivity contribution is -0.127. The third kappa shape index (κ3) is 2.44. The van der Waals surface area contributed by atoms with Gasteiger partial charge in [0.2, 0.25) is 0 Å². The van der Waals surface area contributed by atoms with E-state index in [1.165, 1.54) is 31.3 Å². The minimum absolute atomic E-state index is 0. The molecule has 4 aliphatic carbocycles. The Kier molecular flexibility index (Phi) is 4.31. The number of allylic oxidation sites excluding steroid dienone is 1. The fourth-order valence-corrected chi connectivity index (χ4v) is 6.85. The average molecular weight is 316 g/mol. The molecule has 6 atom stereocenters. The van der Waals surface area contributed by atoms with E-state index < -0.39 is 0 Å². The van der Waals surface area contributed by atoms with E-state index in [-0.39, 0.29) is 12.8 Å². The number of carbonyl (C=O) groups is 2. The van der Waals surface area contributed by atoms with E-state index >= 15 is 0 Å². The summed E-state index contributed by atoms with van der Waals surface area (Å²) in [6.07, 6.45) is 11.1. The summed E-state index contributed by atoms with van der Waals surface area (Å²) in [5.41, 5.74) is 1.72. The van der Waals surface area contributed by atoms with E-state index in [0.717, 1.165) is 43.4 Å². The van der Waals surface area contributed by atoms with Crippen LogP contribution in [0.3, 0.4) is 0 Å². The summed E-state index contributed by atoms with van der Waals surface area (Å²) in [4.78, 5) is 23.8. The van der Waals surface area contributed by atoms with E-state index in [4.69, 9.17) is 0 Å². The van der Waals surface area contributed by atoms with Crippen LogP contribution in [-0.2, 0) is 9.59 Å². The zero-order valence-corrected chi connectivity index (χ0v) is 13.9. The second-order valence-electron chi connectivity index (χ2n) is 8.59. The lowest BCUT2D eigenvalue weighted by Gasteiger charge is -2.53. The van der Waals surface area contributed by atoms with E-state index in [1.807, 2.05) is 6.08 Å². The molecule has 0 radical (unpaired) electrons. The molecule has 0 aromatic rings. The Bertz CT molecular complexity index is 546. The molecule has 3 saturated carbocycles. The van der Waals surface area contributed by atoms with E-state index in [9.17, 15) is 9.59 Å². The Balaban J connectivity index is 0.00000156. The quantitative estimate of drug-likeness (QED) is 0.684. The van der Waals surface area contributed by atoms with Gasteiger partial charge >= 0.3 is 0 Å². The number of hydrogen-bond donors (Lipinski definition) is 0. The van der Waals surface area contributed by atoms with Crippen LogP contribution in [0.15, 0.2) is 11.6 Å². The number of ketones is 2. The second kappa shape index (κ2) is 5.86. The minimum Gasteiger partial charge on any atom is -0.300 e. The van der Waals surface area contributed by atoms with Gasteiger partial charge in [0.15, 0.2) is 5.78 Å². The third-order valence-electron chi connectivity index (χ3n) is 7.79. The largest absolute Gasteiger partial charge is 0.300 e. The van der Waals surface area contributed by atoms with Crippen molar-refractivity contribution in [3.8, 4) is 0 Å². The Morgan fingerprint density at radius 3 is 2.61 bits per heavy atom. The summed E-state index contributed by atoms with van der Waals surface area (Å²) < 4.78 is 0. The van der Waals surface area contributed by atoms with Crippen LogP contribution in [0.25, 0.3) is 0 Å². The first-order chi connectivity index (χ1) is 10.5. The van der Waals surface area contributed by atoms with Crippen molar-refractivity contribution < 1.29 is 9.59 Å². The number of fused-ring (bicyclic) bond motifs is 5. The Morgan fingerprint density at radius 2 is 1.87 bits per heavy atom. The summed E-state index contributed by atoms with van der Waals surface area (Å²) >= 11 is 0. The van der Waals surface area contributed by atoms with Crippen LogP contribution in [-0.4, -0.2) is 11.6 Å². The maximum atomic E-state index is 12.1. The van der Waals surface area contributed by atoms with Crippen LogP contribution < -0.4 is 0 Å². The van der Waals surface area contributed by atoms with Crippen LogP contribution >= 0.6 is 0 Å². The number of rotatable bonds is 1. The molecular formula is C21H32O2. The molecule has 0 N–H and O–H groups in total. The van der Waals surface area contributed by atoms with Gasteiger partial charge < -0.3 is 0 Å². The highest BCUT2D eigenvalue weighted by molar-refractivity contribution is 5.91. The number of carbonyl (C=O) groups excluding carboxylic acids is 2. The standard InChI is InChI=1S/C20H28O2.CH4/c1-12(21)18-7-8-19-17-5-3-13-11-14(22)4-6-15(13)16(17)9-10-20(18,19)2;/h11,15-19H,3-10H2,1-2H3;1H4. The van der Waals surface area contributed by atoms with Crippen molar-refractivity contribution in [3.05, 3.63) is 11.6 Å². The summed E-state index contributed by atoms with van der Waals surface area (Å²) in [6, 6.07) is 0. The average Bonchev–Trinajstić information content (AvgIpc) is 2.84. The molecule has 4 aliphatic rings. The van der Waals surface area contributed by atoms with E-state index in [2.05, 4.69) is 6.92 Å².